The third-order valence-electron chi connectivity index (χ3n) is 3.49. The van der Waals surface area contributed by atoms with E-state index in [9.17, 15) is 22.8 Å². The third-order valence-corrected chi connectivity index (χ3v) is 3.49. The van der Waals surface area contributed by atoms with Crippen LogP contribution in [0.5, 0.6) is 11.5 Å². The molecule has 1 amide bonds. The van der Waals surface area contributed by atoms with Crippen LogP contribution in [0.3, 0.4) is 0 Å². The highest BCUT2D eigenvalue weighted by Gasteiger charge is 2.29. The number of amides is 1. The highest BCUT2D eigenvalue weighted by molar-refractivity contribution is 5.94. The molecule has 0 spiro atoms. The van der Waals surface area contributed by atoms with Gasteiger partial charge in [0.15, 0.2) is 12.4 Å². The van der Waals surface area contributed by atoms with Crippen molar-refractivity contribution in [3.05, 3.63) is 59.7 Å². The molecular weight excluding hydrogens is 363 g/mol. The average Bonchev–Trinajstić information content (AvgIpc) is 2.63. The molecule has 2 aromatic rings. The zero-order valence-electron chi connectivity index (χ0n) is 14.5. The Labute approximate surface area is 154 Å². The molecule has 5 nitrogen and oxygen atoms in total. The van der Waals surface area contributed by atoms with Crippen molar-refractivity contribution in [1.82, 2.24) is 5.32 Å². The highest BCUT2D eigenvalue weighted by atomic mass is 19.4. The van der Waals surface area contributed by atoms with Gasteiger partial charge in [0.25, 0.3) is 5.91 Å². The minimum absolute atomic E-state index is 0.0942. The minimum atomic E-state index is -4.39. The summed E-state index contributed by atoms with van der Waals surface area (Å²) < 4.78 is 47.9. The van der Waals surface area contributed by atoms with Crippen LogP contribution in [0.2, 0.25) is 0 Å². The molecule has 0 bridgehead atoms. The number of carbonyl (C=O) groups excluding carboxylic acids is 2. The normalized spacial score (nSPS) is 11.0. The quantitative estimate of drug-likeness (QED) is 0.562. The first kappa shape index (κ1) is 20.3. The van der Waals surface area contributed by atoms with Gasteiger partial charge in [0.05, 0.1) is 12.1 Å². The van der Waals surface area contributed by atoms with Crippen molar-refractivity contribution in [3.63, 3.8) is 0 Å². The van der Waals surface area contributed by atoms with Crippen LogP contribution in [0.1, 0.15) is 22.8 Å². The fraction of sp³-hybridized carbons (Fsp3) is 0.263. The zero-order valence-corrected chi connectivity index (χ0v) is 14.5. The number of rotatable bonds is 8. The Morgan fingerprint density at radius 1 is 1.00 bits per heavy atom. The van der Waals surface area contributed by atoms with Gasteiger partial charge in [-0.15, -0.1) is 0 Å². The molecule has 0 fully saturated rings. The van der Waals surface area contributed by atoms with Gasteiger partial charge in [-0.05, 0) is 43.3 Å². The Morgan fingerprint density at radius 2 is 1.70 bits per heavy atom. The first-order valence-electron chi connectivity index (χ1n) is 8.06. The molecular formula is C19H18F3NO4. The van der Waals surface area contributed by atoms with Crippen LogP contribution in [0.25, 0.3) is 0 Å². The second kappa shape index (κ2) is 9.07. The van der Waals surface area contributed by atoms with Gasteiger partial charge < -0.3 is 14.8 Å². The predicted octanol–water partition coefficient (Wildman–Crippen LogP) is 3.48. The van der Waals surface area contributed by atoms with Gasteiger partial charge in [-0.3, -0.25) is 9.59 Å². The maximum absolute atomic E-state index is 12.5. The Bertz CT molecular complexity index is 788. The van der Waals surface area contributed by atoms with Crippen molar-refractivity contribution < 1.29 is 32.2 Å². The Balaban J connectivity index is 1.69. The topological polar surface area (TPSA) is 64.6 Å². The van der Waals surface area contributed by atoms with E-state index in [2.05, 4.69) is 5.32 Å². The molecule has 144 valence electrons. The van der Waals surface area contributed by atoms with Crippen LogP contribution in [-0.4, -0.2) is 31.4 Å². The van der Waals surface area contributed by atoms with Gasteiger partial charge in [0.2, 0.25) is 0 Å². The molecule has 0 atom stereocenters. The van der Waals surface area contributed by atoms with Crippen molar-refractivity contribution in [3.8, 4) is 11.5 Å². The Kier molecular flexibility index (Phi) is 6.81. The molecule has 1 N–H and O–H groups in total. The average molecular weight is 381 g/mol. The predicted molar refractivity (Wildman–Crippen MR) is 91.9 cm³/mol. The van der Waals surface area contributed by atoms with Crippen LogP contribution in [0, 0.1) is 0 Å². The van der Waals surface area contributed by atoms with Crippen molar-refractivity contribution in [2.24, 2.45) is 0 Å². The molecule has 27 heavy (non-hydrogen) atoms. The number of benzene rings is 2. The van der Waals surface area contributed by atoms with Crippen molar-refractivity contribution in [2.45, 2.75) is 13.1 Å². The first-order valence-corrected chi connectivity index (χ1v) is 8.06. The number of alkyl halides is 3. The van der Waals surface area contributed by atoms with Crippen LogP contribution in [0.4, 0.5) is 13.2 Å². The Hall–Kier alpha value is -3.03. The molecule has 0 unspecified atom stereocenters. The second-order valence-electron chi connectivity index (χ2n) is 5.59. The minimum Gasteiger partial charge on any atom is -0.492 e. The van der Waals surface area contributed by atoms with Crippen molar-refractivity contribution in [2.75, 3.05) is 19.8 Å². The smallest absolute Gasteiger partial charge is 0.416 e. The van der Waals surface area contributed by atoms with Gasteiger partial charge >= 0.3 is 6.18 Å². The van der Waals surface area contributed by atoms with Gasteiger partial charge in [-0.25, -0.2) is 0 Å². The summed E-state index contributed by atoms with van der Waals surface area (Å²) >= 11 is 0. The van der Waals surface area contributed by atoms with E-state index in [0.29, 0.717) is 11.3 Å². The van der Waals surface area contributed by atoms with Crippen molar-refractivity contribution >= 4 is 11.7 Å². The summed E-state index contributed by atoms with van der Waals surface area (Å²) in [5.74, 6) is 0.179. The lowest BCUT2D eigenvalue weighted by atomic mass is 10.1. The molecule has 0 radical (unpaired) electrons. The maximum atomic E-state index is 12.5. The fourth-order valence-electron chi connectivity index (χ4n) is 2.10. The SMILES string of the molecule is CC(=O)c1cccc(OCC(=O)NCCOc2ccc(C(F)(F)F)cc2)c1. The third kappa shape index (κ3) is 6.65. The monoisotopic (exact) mass is 381 g/mol. The number of Topliss-reactive ketones (excluding diaryl/α,β-unsaturated/α-hetero) is 1. The molecule has 0 aliphatic carbocycles. The van der Waals surface area contributed by atoms with Crippen molar-refractivity contribution in [1.29, 1.82) is 0 Å². The number of hydrogen-bond donors (Lipinski definition) is 1. The second-order valence-corrected chi connectivity index (χ2v) is 5.59. The zero-order chi connectivity index (χ0) is 19.9. The number of ether oxygens (including phenoxy) is 2. The number of hydrogen-bond acceptors (Lipinski definition) is 4. The molecule has 0 heterocycles. The molecule has 0 saturated carbocycles. The fourth-order valence-corrected chi connectivity index (χ4v) is 2.10. The summed E-state index contributed by atoms with van der Waals surface area (Å²) in [4.78, 5) is 23.0. The van der Waals surface area contributed by atoms with E-state index >= 15 is 0 Å². The van der Waals surface area contributed by atoms with Crippen LogP contribution in [0.15, 0.2) is 48.5 Å². The summed E-state index contributed by atoms with van der Waals surface area (Å²) in [5.41, 5.74) is -0.271. The first-order chi connectivity index (χ1) is 12.8. The number of nitrogens with one attached hydrogen (secondary N) is 1. The molecule has 0 aliphatic heterocycles. The summed E-state index contributed by atoms with van der Waals surface area (Å²) in [7, 11) is 0. The lowest BCUT2D eigenvalue weighted by Crippen LogP contribution is -2.32. The van der Waals surface area contributed by atoms with Crippen LogP contribution >= 0.6 is 0 Å². The number of carbonyl (C=O) groups is 2. The highest BCUT2D eigenvalue weighted by Crippen LogP contribution is 2.30. The number of ketones is 1. The van der Waals surface area contributed by atoms with Crippen LogP contribution < -0.4 is 14.8 Å². The molecule has 0 aromatic heterocycles. The Morgan fingerprint density at radius 3 is 2.33 bits per heavy atom. The van der Waals surface area contributed by atoms with E-state index in [4.69, 9.17) is 9.47 Å². The van der Waals surface area contributed by atoms with Gasteiger partial charge in [0, 0.05) is 5.56 Å². The van der Waals surface area contributed by atoms with E-state index < -0.39 is 11.7 Å². The van der Waals surface area contributed by atoms with E-state index in [1.807, 2.05) is 0 Å². The number of halogens is 3. The van der Waals surface area contributed by atoms with Gasteiger partial charge in [0.1, 0.15) is 18.1 Å². The summed E-state index contributed by atoms with van der Waals surface area (Å²) in [6.45, 7) is 1.46. The molecule has 2 aromatic carbocycles. The molecule has 2 rings (SSSR count). The standard InChI is InChI=1S/C19H18F3NO4/c1-13(24)14-3-2-4-17(11-14)27-12-18(25)23-9-10-26-16-7-5-15(6-8-16)19(20,21)22/h2-8,11H,9-10,12H2,1H3,(H,23,25). The van der Waals surface area contributed by atoms with Gasteiger partial charge in [-0.1, -0.05) is 12.1 Å². The molecule has 8 heteroatoms. The van der Waals surface area contributed by atoms with E-state index in [-0.39, 0.29) is 37.2 Å². The lowest BCUT2D eigenvalue weighted by molar-refractivity contribution is -0.137. The lowest BCUT2D eigenvalue weighted by Gasteiger charge is -2.10. The summed E-state index contributed by atoms with van der Waals surface area (Å²) in [5, 5.41) is 2.56. The summed E-state index contributed by atoms with van der Waals surface area (Å²) in [6, 6.07) is 10.8. The molecule has 0 saturated heterocycles. The van der Waals surface area contributed by atoms with E-state index in [1.54, 1.807) is 24.3 Å². The molecule has 0 aliphatic rings. The van der Waals surface area contributed by atoms with Gasteiger partial charge in [-0.2, -0.15) is 13.2 Å². The van der Waals surface area contributed by atoms with E-state index in [1.165, 1.54) is 19.1 Å². The largest absolute Gasteiger partial charge is 0.492 e. The van der Waals surface area contributed by atoms with Crippen LogP contribution in [-0.2, 0) is 11.0 Å². The van der Waals surface area contributed by atoms with E-state index in [0.717, 1.165) is 12.1 Å². The maximum Gasteiger partial charge on any atom is 0.416 e. The summed E-state index contributed by atoms with van der Waals surface area (Å²) in [6.07, 6.45) is -4.39.